The maximum Gasteiger partial charge on any atom is 0.317 e. The van der Waals surface area contributed by atoms with Gasteiger partial charge in [-0.15, -0.1) is 0 Å². The molecule has 0 aromatic heterocycles. The van der Waals surface area contributed by atoms with Crippen LogP contribution in [0, 0.1) is 0 Å². The highest BCUT2D eigenvalue weighted by Crippen LogP contribution is 2.18. The van der Waals surface area contributed by atoms with E-state index in [0.717, 1.165) is 12.8 Å². The van der Waals surface area contributed by atoms with Crippen molar-refractivity contribution in [3.63, 3.8) is 0 Å². The summed E-state index contributed by atoms with van der Waals surface area (Å²) in [5.74, 6) is 0. The molecule has 1 saturated carbocycles. The molecule has 0 atom stereocenters. The number of carbonyl (C=O) groups excluding carboxylic acids is 1. The van der Waals surface area contributed by atoms with Gasteiger partial charge in [0, 0.05) is 25.2 Å². The summed E-state index contributed by atoms with van der Waals surface area (Å²) in [5.41, 5.74) is 0. The molecule has 0 saturated heterocycles. The van der Waals surface area contributed by atoms with Crippen molar-refractivity contribution in [2.24, 2.45) is 0 Å². The Balaban J connectivity index is 2.35. The van der Waals surface area contributed by atoms with Gasteiger partial charge in [-0.3, -0.25) is 0 Å². The molecule has 0 aliphatic heterocycles. The van der Waals surface area contributed by atoms with E-state index in [1.54, 1.807) is 4.90 Å². The van der Waals surface area contributed by atoms with Crippen LogP contribution in [0.25, 0.3) is 0 Å². The first kappa shape index (κ1) is 12.3. The fourth-order valence-electron chi connectivity index (χ4n) is 1.65. The third kappa shape index (κ3) is 3.70. The fraction of sp³-hybridized carbons (Fsp3) is 0.909. The lowest BCUT2D eigenvalue weighted by Crippen LogP contribution is -2.50. The smallest absolute Gasteiger partial charge is 0.317 e. The highest BCUT2D eigenvalue weighted by atomic mass is 16.3. The van der Waals surface area contributed by atoms with Gasteiger partial charge in [-0.1, -0.05) is 0 Å². The summed E-state index contributed by atoms with van der Waals surface area (Å²) in [5, 5.41) is 11.8. The summed E-state index contributed by atoms with van der Waals surface area (Å²) in [4.78, 5) is 13.6. The predicted molar refractivity (Wildman–Crippen MR) is 59.7 cm³/mol. The zero-order chi connectivity index (χ0) is 11.3. The Hall–Kier alpha value is -0.770. The van der Waals surface area contributed by atoms with Gasteiger partial charge < -0.3 is 15.3 Å². The molecule has 1 aliphatic carbocycles. The van der Waals surface area contributed by atoms with Crippen molar-refractivity contribution >= 4 is 6.03 Å². The molecule has 0 heterocycles. The minimum atomic E-state index is 0.0168. The van der Waals surface area contributed by atoms with Gasteiger partial charge in [0.05, 0.1) is 0 Å². The van der Waals surface area contributed by atoms with Crippen molar-refractivity contribution in [3.8, 4) is 0 Å². The molecule has 0 spiro atoms. The highest BCUT2D eigenvalue weighted by Gasteiger charge is 2.23. The van der Waals surface area contributed by atoms with Crippen LogP contribution in [0.15, 0.2) is 0 Å². The number of carbonyl (C=O) groups is 1. The van der Waals surface area contributed by atoms with Crippen molar-refractivity contribution in [1.82, 2.24) is 10.2 Å². The van der Waals surface area contributed by atoms with Crippen molar-refractivity contribution in [2.45, 2.75) is 51.6 Å². The van der Waals surface area contributed by atoms with Crippen LogP contribution < -0.4 is 5.32 Å². The summed E-state index contributed by atoms with van der Waals surface area (Å²) in [6.07, 6.45) is 4.09. The molecular formula is C11H22N2O2. The maximum atomic E-state index is 11.8. The Morgan fingerprint density at radius 1 is 1.53 bits per heavy atom. The number of hydrogen-bond acceptors (Lipinski definition) is 2. The summed E-state index contributed by atoms with van der Waals surface area (Å²) in [6.45, 7) is 4.77. The van der Waals surface area contributed by atoms with Crippen molar-refractivity contribution < 1.29 is 9.90 Å². The first-order valence-corrected chi connectivity index (χ1v) is 5.83. The highest BCUT2D eigenvalue weighted by molar-refractivity contribution is 5.74. The molecule has 1 rings (SSSR count). The molecule has 88 valence electrons. The Labute approximate surface area is 91.6 Å². The third-order valence-electron chi connectivity index (χ3n) is 2.87. The van der Waals surface area contributed by atoms with E-state index in [1.807, 2.05) is 13.8 Å². The number of nitrogens with one attached hydrogen (secondary N) is 1. The standard InChI is InChI=1S/C11H22N2O2/c1-9(2)13(7-4-8-14)11(15)12-10-5-3-6-10/h9-10,14H,3-8H2,1-2H3,(H,12,15). The van der Waals surface area contributed by atoms with Crippen molar-refractivity contribution in [2.75, 3.05) is 13.2 Å². The van der Waals surface area contributed by atoms with Crippen LogP contribution in [-0.4, -0.2) is 41.3 Å². The van der Waals surface area contributed by atoms with Crippen LogP contribution in [0.3, 0.4) is 0 Å². The molecule has 15 heavy (non-hydrogen) atoms. The van der Waals surface area contributed by atoms with Crippen LogP contribution in [0.2, 0.25) is 0 Å². The number of urea groups is 1. The molecule has 0 unspecified atom stereocenters. The van der Waals surface area contributed by atoms with E-state index in [9.17, 15) is 4.79 Å². The number of aliphatic hydroxyl groups excluding tert-OH is 1. The quantitative estimate of drug-likeness (QED) is 0.725. The van der Waals surface area contributed by atoms with Crippen molar-refractivity contribution in [1.29, 1.82) is 0 Å². The van der Waals surface area contributed by atoms with Crippen LogP contribution in [-0.2, 0) is 0 Å². The average Bonchev–Trinajstić information content (AvgIpc) is 2.11. The lowest BCUT2D eigenvalue weighted by molar-refractivity contribution is 0.165. The molecule has 2 amide bonds. The summed E-state index contributed by atoms with van der Waals surface area (Å²) < 4.78 is 0. The Morgan fingerprint density at radius 2 is 2.20 bits per heavy atom. The van der Waals surface area contributed by atoms with E-state index >= 15 is 0 Å². The molecule has 0 aromatic carbocycles. The van der Waals surface area contributed by atoms with Crippen LogP contribution in [0.1, 0.15) is 39.5 Å². The van der Waals surface area contributed by atoms with Gasteiger partial charge >= 0.3 is 6.03 Å². The zero-order valence-electron chi connectivity index (χ0n) is 9.70. The SMILES string of the molecule is CC(C)N(CCCO)C(=O)NC1CCC1. The van der Waals surface area contributed by atoms with E-state index < -0.39 is 0 Å². The largest absolute Gasteiger partial charge is 0.396 e. The normalized spacial score (nSPS) is 16.3. The topological polar surface area (TPSA) is 52.6 Å². The predicted octanol–water partition coefficient (Wildman–Crippen LogP) is 1.34. The summed E-state index contributed by atoms with van der Waals surface area (Å²) in [6, 6.07) is 0.590. The van der Waals surface area contributed by atoms with Crippen molar-refractivity contribution in [3.05, 3.63) is 0 Å². The number of hydrogen-bond donors (Lipinski definition) is 2. The monoisotopic (exact) mass is 214 g/mol. The van der Waals surface area contributed by atoms with E-state index in [2.05, 4.69) is 5.32 Å². The van der Waals surface area contributed by atoms with Gasteiger partial charge in [0.2, 0.25) is 0 Å². The number of aliphatic hydroxyl groups is 1. The van der Waals surface area contributed by atoms with Crippen LogP contribution in [0.4, 0.5) is 4.79 Å². The summed E-state index contributed by atoms with van der Waals surface area (Å²) >= 11 is 0. The second-order valence-corrected chi connectivity index (χ2v) is 4.44. The molecule has 0 aromatic rings. The van der Waals surface area contributed by atoms with Crippen LogP contribution in [0.5, 0.6) is 0 Å². The van der Waals surface area contributed by atoms with E-state index in [0.29, 0.717) is 19.0 Å². The number of rotatable bonds is 5. The maximum absolute atomic E-state index is 11.8. The first-order valence-electron chi connectivity index (χ1n) is 5.83. The van der Waals surface area contributed by atoms with Gasteiger partial charge in [0.15, 0.2) is 0 Å². The zero-order valence-corrected chi connectivity index (χ0v) is 9.70. The lowest BCUT2D eigenvalue weighted by Gasteiger charge is -2.32. The molecule has 2 N–H and O–H groups in total. The molecule has 1 aliphatic rings. The molecule has 0 bridgehead atoms. The lowest BCUT2D eigenvalue weighted by atomic mass is 9.93. The number of amides is 2. The number of nitrogens with zero attached hydrogens (tertiary/aromatic N) is 1. The fourth-order valence-corrected chi connectivity index (χ4v) is 1.65. The molecular weight excluding hydrogens is 192 g/mol. The Kier molecular flexibility index (Phi) is 4.88. The van der Waals surface area contributed by atoms with Gasteiger partial charge in [0.25, 0.3) is 0 Å². The Morgan fingerprint density at radius 3 is 2.60 bits per heavy atom. The molecule has 1 fully saturated rings. The molecule has 0 radical (unpaired) electrons. The van der Waals surface area contributed by atoms with E-state index in [-0.39, 0.29) is 18.7 Å². The second-order valence-electron chi connectivity index (χ2n) is 4.44. The Bertz CT molecular complexity index is 203. The minimum absolute atomic E-state index is 0.0168. The minimum Gasteiger partial charge on any atom is -0.396 e. The van der Waals surface area contributed by atoms with E-state index in [4.69, 9.17) is 5.11 Å². The molecule has 4 nitrogen and oxygen atoms in total. The van der Waals surface area contributed by atoms with Gasteiger partial charge in [-0.2, -0.15) is 0 Å². The first-order chi connectivity index (χ1) is 7.15. The molecule has 4 heteroatoms. The van der Waals surface area contributed by atoms with Gasteiger partial charge in [-0.25, -0.2) is 4.79 Å². The van der Waals surface area contributed by atoms with E-state index in [1.165, 1.54) is 6.42 Å². The van der Waals surface area contributed by atoms with Crippen LogP contribution >= 0.6 is 0 Å². The average molecular weight is 214 g/mol. The third-order valence-corrected chi connectivity index (χ3v) is 2.87. The summed E-state index contributed by atoms with van der Waals surface area (Å²) in [7, 11) is 0. The van der Waals surface area contributed by atoms with Gasteiger partial charge in [0.1, 0.15) is 0 Å². The van der Waals surface area contributed by atoms with Gasteiger partial charge in [-0.05, 0) is 39.5 Å². The second kappa shape index (κ2) is 5.95.